The molecule has 1 aliphatic carbocycles. The number of aliphatic hydroxyl groups excluding tert-OH is 2. The summed E-state index contributed by atoms with van der Waals surface area (Å²) >= 11 is 0. The number of rotatable bonds is 1. The third-order valence-electron chi connectivity index (χ3n) is 2.03. The van der Waals surface area contributed by atoms with Crippen LogP contribution in [0, 0.1) is 10.1 Å². The predicted octanol–water partition coefficient (Wildman–Crippen LogP) is -0.463. The molecule has 1 fully saturated rings. The first-order valence-electron chi connectivity index (χ1n) is 3.62. The topological polar surface area (TPSA) is 83.6 Å². The molecule has 0 aromatic carbocycles. The molecular formula is C6H11NO4. The summed E-state index contributed by atoms with van der Waals surface area (Å²) in [4.78, 5) is 9.66. The van der Waals surface area contributed by atoms with Gasteiger partial charge in [-0.2, -0.15) is 0 Å². The van der Waals surface area contributed by atoms with Gasteiger partial charge in [-0.3, -0.25) is 10.1 Å². The summed E-state index contributed by atoms with van der Waals surface area (Å²) in [5.41, 5.74) is 0. The second-order valence-corrected chi connectivity index (χ2v) is 2.84. The highest BCUT2D eigenvalue weighted by Crippen LogP contribution is 2.20. The van der Waals surface area contributed by atoms with Gasteiger partial charge in [0.1, 0.15) is 12.2 Å². The Morgan fingerprint density at radius 2 is 1.73 bits per heavy atom. The monoisotopic (exact) mass is 161 g/mol. The molecule has 2 N–H and O–H groups in total. The van der Waals surface area contributed by atoms with Gasteiger partial charge in [0, 0.05) is 4.92 Å². The zero-order valence-electron chi connectivity index (χ0n) is 6.01. The van der Waals surface area contributed by atoms with Crippen LogP contribution in [0.25, 0.3) is 0 Å². The third-order valence-corrected chi connectivity index (χ3v) is 2.03. The van der Waals surface area contributed by atoms with Gasteiger partial charge >= 0.3 is 0 Å². The first-order valence-corrected chi connectivity index (χ1v) is 3.62. The van der Waals surface area contributed by atoms with Crippen molar-refractivity contribution in [2.75, 3.05) is 0 Å². The van der Waals surface area contributed by atoms with Crippen LogP contribution in [0.2, 0.25) is 0 Å². The van der Waals surface area contributed by atoms with E-state index in [4.69, 9.17) is 10.2 Å². The lowest BCUT2D eigenvalue weighted by Crippen LogP contribution is -2.46. The van der Waals surface area contributed by atoms with Crippen molar-refractivity contribution in [3.05, 3.63) is 10.1 Å². The molecule has 64 valence electrons. The Morgan fingerprint density at radius 1 is 1.27 bits per heavy atom. The van der Waals surface area contributed by atoms with Gasteiger partial charge in [-0.15, -0.1) is 0 Å². The molecule has 0 radical (unpaired) electrons. The van der Waals surface area contributed by atoms with Crippen LogP contribution in [0.4, 0.5) is 0 Å². The van der Waals surface area contributed by atoms with Gasteiger partial charge in [0.15, 0.2) is 0 Å². The normalized spacial score (nSPS) is 33.6. The standard InChI is InChI=1S/C6H11NO4/c8-4-2-1-3-5(9)6(4)7(10)11/h4-6,8-9H,1-3H2/t4-,5-/m1/s1. The molecule has 0 unspecified atom stereocenters. The Hall–Kier alpha value is -0.680. The largest absolute Gasteiger partial charge is 0.386 e. The average molecular weight is 161 g/mol. The van der Waals surface area contributed by atoms with Crippen LogP contribution in [-0.2, 0) is 0 Å². The minimum atomic E-state index is -1.18. The highest BCUT2D eigenvalue weighted by atomic mass is 16.6. The van der Waals surface area contributed by atoms with E-state index in [1.54, 1.807) is 0 Å². The molecule has 0 saturated heterocycles. The average Bonchev–Trinajstić information content (AvgIpc) is 1.85. The second kappa shape index (κ2) is 3.15. The fourth-order valence-corrected chi connectivity index (χ4v) is 1.42. The first kappa shape index (κ1) is 8.42. The SMILES string of the molecule is O=[N+]([O-])C1[C@H](O)CCC[C@H]1O. The van der Waals surface area contributed by atoms with Gasteiger partial charge in [0.05, 0.1) is 0 Å². The fourth-order valence-electron chi connectivity index (χ4n) is 1.42. The molecule has 0 heterocycles. The molecular weight excluding hydrogens is 150 g/mol. The Labute approximate surface area is 63.8 Å². The lowest BCUT2D eigenvalue weighted by Gasteiger charge is -2.25. The number of hydrogen-bond donors (Lipinski definition) is 2. The molecule has 1 rings (SSSR count). The zero-order chi connectivity index (χ0) is 8.43. The molecule has 0 aromatic heterocycles. The Balaban J connectivity index is 2.62. The van der Waals surface area contributed by atoms with Gasteiger partial charge < -0.3 is 10.2 Å². The molecule has 0 aliphatic heterocycles. The van der Waals surface area contributed by atoms with Crippen LogP contribution in [0.15, 0.2) is 0 Å². The number of nitro groups is 1. The summed E-state index contributed by atoms with van der Waals surface area (Å²) in [7, 11) is 0. The van der Waals surface area contributed by atoms with E-state index >= 15 is 0 Å². The molecule has 0 bridgehead atoms. The van der Waals surface area contributed by atoms with Crippen molar-refractivity contribution < 1.29 is 15.1 Å². The molecule has 1 saturated carbocycles. The van der Waals surface area contributed by atoms with Gasteiger partial charge in [-0.25, -0.2) is 0 Å². The van der Waals surface area contributed by atoms with Crippen LogP contribution in [-0.4, -0.2) is 33.4 Å². The van der Waals surface area contributed by atoms with E-state index in [9.17, 15) is 10.1 Å². The van der Waals surface area contributed by atoms with Crippen LogP contribution in [0.3, 0.4) is 0 Å². The van der Waals surface area contributed by atoms with E-state index in [0.29, 0.717) is 19.3 Å². The highest BCUT2D eigenvalue weighted by Gasteiger charge is 2.39. The molecule has 0 aromatic rings. The van der Waals surface area contributed by atoms with Gasteiger partial charge in [-0.05, 0) is 19.3 Å². The quantitative estimate of drug-likeness (QED) is 0.402. The maximum atomic E-state index is 10.3. The van der Waals surface area contributed by atoms with Crippen LogP contribution in [0.1, 0.15) is 19.3 Å². The van der Waals surface area contributed by atoms with Gasteiger partial charge in [0.2, 0.25) is 0 Å². The first-order chi connectivity index (χ1) is 5.13. The molecule has 0 amide bonds. The Bertz CT molecular complexity index is 151. The van der Waals surface area contributed by atoms with Crippen LogP contribution >= 0.6 is 0 Å². The molecule has 5 nitrogen and oxygen atoms in total. The van der Waals surface area contributed by atoms with E-state index in [1.165, 1.54) is 0 Å². The van der Waals surface area contributed by atoms with Crippen molar-refractivity contribution in [1.82, 2.24) is 0 Å². The minimum Gasteiger partial charge on any atom is -0.386 e. The molecule has 2 atom stereocenters. The lowest BCUT2D eigenvalue weighted by atomic mass is 9.90. The summed E-state index contributed by atoms with van der Waals surface area (Å²) in [5, 5.41) is 28.5. The van der Waals surface area contributed by atoms with Gasteiger partial charge in [-0.1, -0.05) is 0 Å². The van der Waals surface area contributed by atoms with E-state index in [1.807, 2.05) is 0 Å². The van der Waals surface area contributed by atoms with E-state index in [2.05, 4.69) is 0 Å². The maximum absolute atomic E-state index is 10.3. The highest BCUT2D eigenvalue weighted by molar-refractivity contribution is 4.81. The van der Waals surface area contributed by atoms with Crippen LogP contribution in [0.5, 0.6) is 0 Å². The van der Waals surface area contributed by atoms with E-state index in [-0.39, 0.29) is 0 Å². The van der Waals surface area contributed by atoms with E-state index in [0.717, 1.165) is 0 Å². The van der Waals surface area contributed by atoms with Gasteiger partial charge in [0.25, 0.3) is 6.04 Å². The fraction of sp³-hybridized carbons (Fsp3) is 1.00. The molecule has 0 spiro atoms. The Kier molecular flexibility index (Phi) is 2.41. The molecule has 1 aliphatic rings. The Morgan fingerprint density at radius 3 is 2.00 bits per heavy atom. The molecule has 5 heteroatoms. The predicted molar refractivity (Wildman–Crippen MR) is 36.6 cm³/mol. The van der Waals surface area contributed by atoms with Crippen molar-refractivity contribution in [3.8, 4) is 0 Å². The summed E-state index contributed by atoms with van der Waals surface area (Å²) < 4.78 is 0. The molecule has 11 heavy (non-hydrogen) atoms. The van der Waals surface area contributed by atoms with Crippen molar-refractivity contribution in [1.29, 1.82) is 0 Å². The van der Waals surface area contributed by atoms with Crippen molar-refractivity contribution in [2.24, 2.45) is 0 Å². The smallest absolute Gasteiger partial charge is 0.263 e. The third kappa shape index (κ3) is 1.66. The summed E-state index contributed by atoms with van der Waals surface area (Å²) in [6, 6.07) is -1.18. The van der Waals surface area contributed by atoms with Crippen molar-refractivity contribution in [2.45, 2.75) is 37.5 Å². The second-order valence-electron chi connectivity index (χ2n) is 2.84. The van der Waals surface area contributed by atoms with Crippen molar-refractivity contribution >= 4 is 0 Å². The van der Waals surface area contributed by atoms with Crippen LogP contribution < -0.4 is 0 Å². The number of hydrogen-bond acceptors (Lipinski definition) is 4. The number of aliphatic hydroxyl groups is 2. The summed E-state index contributed by atoms with van der Waals surface area (Å²) in [6.45, 7) is 0. The summed E-state index contributed by atoms with van der Waals surface area (Å²) in [5.74, 6) is 0. The minimum absolute atomic E-state index is 0.419. The maximum Gasteiger partial charge on any atom is 0.263 e. The zero-order valence-corrected chi connectivity index (χ0v) is 6.01. The van der Waals surface area contributed by atoms with Crippen molar-refractivity contribution in [3.63, 3.8) is 0 Å². The summed E-state index contributed by atoms with van der Waals surface area (Å²) in [6.07, 6.45) is -0.458. The number of nitrogens with zero attached hydrogens (tertiary/aromatic N) is 1. The lowest BCUT2D eigenvalue weighted by molar-refractivity contribution is -0.549. The van der Waals surface area contributed by atoms with E-state index < -0.39 is 23.2 Å².